The molecule has 0 aromatic heterocycles. The molecule has 0 saturated carbocycles. The van der Waals surface area contributed by atoms with Gasteiger partial charge in [0.1, 0.15) is 12.4 Å². The number of aliphatic hydroxyl groups excluding tert-OH is 1. The molecule has 3 heteroatoms. The van der Waals surface area contributed by atoms with Gasteiger partial charge in [0.2, 0.25) is 0 Å². The van der Waals surface area contributed by atoms with Crippen LogP contribution in [-0.4, -0.2) is 29.2 Å². The highest BCUT2D eigenvalue weighted by atomic mass is 19.1. The van der Waals surface area contributed by atoms with Crippen LogP contribution < -0.4 is 0 Å². The summed E-state index contributed by atoms with van der Waals surface area (Å²) in [6, 6.07) is 5.37. The number of nitrogens with zero attached hydrogens (tertiary/aromatic N) is 1. The topological polar surface area (TPSA) is 23.5 Å². The van der Waals surface area contributed by atoms with E-state index in [1.807, 2.05) is 6.07 Å². The Morgan fingerprint density at radius 1 is 1.47 bits per heavy atom. The lowest BCUT2D eigenvalue weighted by Gasteiger charge is -2.23. The van der Waals surface area contributed by atoms with Crippen LogP contribution in [0, 0.1) is 17.7 Å². The van der Waals surface area contributed by atoms with Gasteiger partial charge in [0, 0.05) is 18.2 Å². The second-order valence-corrected chi connectivity index (χ2v) is 4.94. The monoisotopic (exact) mass is 261 g/mol. The van der Waals surface area contributed by atoms with Crippen molar-refractivity contribution in [1.82, 2.24) is 4.90 Å². The van der Waals surface area contributed by atoms with Gasteiger partial charge in [-0.3, -0.25) is 4.90 Å². The first-order valence-corrected chi connectivity index (χ1v) is 6.86. The third-order valence-corrected chi connectivity index (χ3v) is 3.72. The van der Waals surface area contributed by atoms with Gasteiger partial charge in [-0.1, -0.05) is 24.8 Å². The van der Waals surface area contributed by atoms with Crippen molar-refractivity contribution in [2.75, 3.05) is 13.2 Å². The smallest absolute Gasteiger partial charge is 0.124 e. The zero-order valence-electron chi connectivity index (χ0n) is 11.3. The standard InChI is InChI=1S/C16H20FNO/c1-2-16-6-3-9-18(16)12-14-7-8-15(17)11-13(14)5-4-10-19/h7-8,11,16,19H,2-3,6,9-10,12H2,1H3. The van der Waals surface area contributed by atoms with Crippen molar-refractivity contribution in [3.63, 3.8) is 0 Å². The van der Waals surface area contributed by atoms with Gasteiger partial charge < -0.3 is 5.11 Å². The molecular formula is C16H20FNO. The van der Waals surface area contributed by atoms with Crippen molar-refractivity contribution < 1.29 is 9.50 Å². The van der Waals surface area contributed by atoms with Crippen LogP contribution in [0.1, 0.15) is 37.3 Å². The average molecular weight is 261 g/mol. The van der Waals surface area contributed by atoms with E-state index in [0.29, 0.717) is 11.6 Å². The van der Waals surface area contributed by atoms with Crippen molar-refractivity contribution in [3.05, 3.63) is 35.1 Å². The van der Waals surface area contributed by atoms with Gasteiger partial charge in [0.25, 0.3) is 0 Å². The maximum Gasteiger partial charge on any atom is 0.124 e. The Morgan fingerprint density at radius 2 is 2.32 bits per heavy atom. The summed E-state index contributed by atoms with van der Waals surface area (Å²) in [5.41, 5.74) is 1.73. The molecule has 1 aliphatic rings. The van der Waals surface area contributed by atoms with Crippen molar-refractivity contribution >= 4 is 0 Å². The Morgan fingerprint density at radius 3 is 3.05 bits per heavy atom. The summed E-state index contributed by atoms with van der Waals surface area (Å²) in [7, 11) is 0. The van der Waals surface area contributed by atoms with Gasteiger partial charge >= 0.3 is 0 Å². The first-order valence-electron chi connectivity index (χ1n) is 6.86. The van der Waals surface area contributed by atoms with Gasteiger partial charge in [-0.15, -0.1) is 0 Å². The van der Waals surface area contributed by atoms with Gasteiger partial charge in [-0.25, -0.2) is 4.39 Å². The minimum Gasteiger partial charge on any atom is -0.384 e. The number of rotatable bonds is 3. The average Bonchev–Trinajstić information content (AvgIpc) is 2.86. The van der Waals surface area contributed by atoms with Crippen LogP contribution in [0.3, 0.4) is 0 Å². The van der Waals surface area contributed by atoms with Crippen LogP contribution in [0.2, 0.25) is 0 Å². The quantitative estimate of drug-likeness (QED) is 0.845. The molecule has 0 spiro atoms. The Hall–Kier alpha value is -1.37. The minimum atomic E-state index is -0.278. The van der Waals surface area contributed by atoms with E-state index in [0.717, 1.165) is 25.1 Å². The summed E-state index contributed by atoms with van der Waals surface area (Å²) in [6.07, 6.45) is 3.63. The molecule has 0 radical (unpaired) electrons. The van der Waals surface area contributed by atoms with E-state index in [1.54, 1.807) is 0 Å². The predicted molar refractivity (Wildman–Crippen MR) is 74.1 cm³/mol. The lowest BCUT2D eigenvalue weighted by molar-refractivity contribution is 0.240. The number of likely N-dealkylation sites (tertiary alicyclic amines) is 1. The van der Waals surface area contributed by atoms with E-state index in [2.05, 4.69) is 23.7 Å². The molecule has 19 heavy (non-hydrogen) atoms. The first kappa shape index (κ1) is 14.0. The van der Waals surface area contributed by atoms with Crippen molar-refractivity contribution in [3.8, 4) is 11.8 Å². The third kappa shape index (κ3) is 3.56. The van der Waals surface area contributed by atoms with Gasteiger partial charge in [0.15, 0.2) is 0 Å². The Labute approximate surface area is 114 Å². The second-order valence-electron chi connectivity index (χ2n) is 4.94. The molecule has 0 amide bonds. The summed E-state index contributed by atoms with van der Waals surface area (Å²) in [4.78, 5) is 2.44. The molecule has 2 nitrogen and oxygen atoms in total. The van der Waals surface area contributed by atoms with Crippen molar-refractivity contribution in [2.24, 2.45) is 0 Å². The van der Waals surface area contributed by atoms with Crippen LogP contribution in [0.25, 0.3) is 0 Å². The van der Waals surface area contributed by atoms with E-state index in [4.69, 9.17) is 5.11 Å². The number of hydrogen-bond acceptors (Lipinski definition) is 2. The van der Waals surface area contributed by atoms with E-state index < -0.39 is 0 Å². The van der Waals surface area contributed by atoms with Crippen LogP contribution in [0.5, 0.6) is 0 Å². The minimum absolute atomic E-state index is 0.197. The summed E-state index contributed by atoms with van der Waals surface area (Å²) in [6.45, 7) is 3.92. The van der Waals surface area contributed by atoms with Gasteiger partial charge in [-0.05, 0) is 43.5 Å². The summed E-state index contributed by atoms with van der Waals surface area (Å²) < 4.78 is 13.3. The fourth-order valence-electron chi connectivity index (χ4n) is 2.72. The molecule has 102 valence electrons. The van der Waals surface area contributed by atoms with Crippen LogP contribution in [0.4, 0.5) is 4.39 Å². The van der Waals surface area contributed by atoms with E-state index in [9.17, 15) is 4.39 Å². The molecular weight excluding hydrogens is 241 g/mol. The summed E-state index contributed by atoms with van der Waals surface area (Å²) in [5.74, 6) is 5.17. The Kier molecular flexibility index (Phi) is 4.95. The normalized spacial score (nSPS) is 19.2. The van der Waals surface area contributed by atoms with E-state index in [1.165, 1.54) is 25.0 Å². The van der Waals surface area contributed by atoms with E-state index in [-0.39, 0.29) is 12.4 Å². The molecule has 1 saturated heterocycles. The lowest BCUT2D eigenvalue weighted by atomic mass is 10.1. The van der Waals surface area contributed by atoms with Crippen molar-refractivity contribution in [2.45, 2.75) is 38.8 Å². The zero-order chi connectivity index (χ0) is 13.7. The molecule has 0 aliphatic carbocycles. The highest BCUT2D eigenvalue weighted by molar-refractivity contribution is 5.41. The lowest BCUT2D eigenvalue weighted by Crippen LogP contribution is -2.28. The van der Waals surface area contributed by atoms with Crippen LogP contribution >= 0.6 is 0 Å². The number of halogens is 1. The van der Waals surface area contributed by atoms with Crippen LogP contribution in [0.15, 0.2) is 18.2 Å². The molecule has 2 rings (SSSR count). The number of hydrogen-bond donors (Lipinski definition) is 1. The molecule has 1 aromatic carbocycles. The summed E-state index contributed by atoms with van der Waals surface area (Å²) in [5, 5.41) is 8.77. The number of aliphatic hydroxyl groups is 1. The predicted octanol–water partition coefficient (Wildman–Crippen LogP) is 2.54. The molecule has 1 unspecified atom stereocenters. The number of benzene rings is 1. The highest BCUT2D eigenvalue weighted by Gasteiger charge is 2.23. The fourth-order valence-corrected chi connectivity index (χ4v) is 2.72. The van der Waals surface area contributed by atoms with Gasteiger partial charge in [-0.2, -0.15) is 0 Å². The Balaban J connectivity index is 2.19. The van der Waals surface area contributed by atoms with Gasteiger partial charge in [0.05, 0.1) is 0 Å². The maximum absolute atomic E-state index is 13.3. The SMILES string of the molecule is CCC1CCCN1Cc1ccc(F)cc1C#CCO. The Bertz CT molecular complexity index is 489. The summed E-state index contributed by atoms with van der Waals surface area (Å²) >= 11 is 0. The maximum atomic E-state index is 13.3. The fraction of sp³-hybridized carbons (Fsp3) is 0.500. The zero-order valence-corrected chi connectivity index (χ0v) is 11.3. The molecule has 1 aliphatic heterocycles. The highest BCUT2D eigenvalue weighted by Crippen LogP contribution is 2.23. The molecule has 1 fully saturated rings. The third-order valence-electron chi connectivity index (χ3n) is 3.72. The van der Waals surface area contributed by atoms with E-state index >= 15 is 0 Å². The van der Waals surface area contributed by atoms with Crippen molar-refractivity contribution in [1.29, 1.82) is 0 Å². The molecule has 1 atom stereocenters. The largest absolute Gasteiger partial charge is 0.384 e. The molecule has 1 aromatic rings. The molecule has 0 bridgehead atoms. The second kappa shape index (κ2) is 6.70. The first-order chi connectivity index (χ1) is 9.24. The molecule has 1 heterocycles. The van der Waals surface area contributed by atoms with Crippen LogP contribution in [-0.2, 0) is 6.54 Å². The molecule has 1 N–H and O–H groups in total.